The van der Waals surface area contributed by atoms with E-state index in [4.69, 9.17) is 14.6 Å². The quantitative estimate of drug-likeness (QED) is 0.675. The minimum atomic E-state index is -0.492. The van der Waals surface area contributed by atoms with E-state index in [2.05, 4.69) is 10.6 Å². The van der Waals surface area contributed by atoms with Crippen molar-refractivity contribution in [1.82, 2.24) is 10.6 Å². The molecule has 2 amide bonds. The minimum Gasteiger partial charge on any atom is -0.483 e. The molecule has 3 N–H and O–H groups in total. The van der Waals surface area contributed by atoms with Crippen LogP contribution < -0.4 is 10.6 Å². The zero-order chi connectivity index (χ0) is 15.8. The molecule has 0 bridgehead atoms. The first-order valence-corrected chi connectivity index (χ1v) is 6.54. The molecule has 0 aromatic carbocycles. The second kappa shape index (κ2) is 8.39. The van der Waals surface area contributed by atoms with E-state index in [1.807, 2.05) is 27.7 Å². The van der Waals surface area contributed by atoms with E-state index >= 15 is 0 Å². The molecule has 116 valence electrons. The summed E-state index contributed by atoms with van der Waals surface area (Å²) in [6.07, 6.45) is 1.08. The first-order valence-electron chi connectivity index (χ1n) is 6.54. The summed E-state index contributed by atoms with van der Waals surface area (Å²) in [6.45, 7) is 7.84. The molecule has 1 aliphatic rings. The van der Waals surface area contributed by atoms with E-state index in [-0.39, 0.29) is 24.3 Å². The second-order valence-electron chi connectivity index (χ2n) is 5.67. The van der Waals surface area contributed by atoms with Crippen LogP contribution in [-0.2, 0) is 14.3 Å². The highest BCUT2D eigenvalue weighted by Gasteiger charge is 2.27. The molecule has 1 heterocycles. The predicted molar refractivity (Wildman–Crippen MR) is 73.3 cm³/mol. The number of nitrogens with one attached hydrogen (secondary N) is 2. The molecule has 0 saturated carbocycles. The Kier molecular flexibility index (Phi) is 7.64. The van der Waals surface area contributed by atoms with Gasteiger partial charge in [-0.25, -0.2) is 4.79 Å². The summed E-state index contributed by atoms with van der Waals surface area (Å²) in [6, 6.07) is -0.0568. The summed E-state index contributed by atoms with van der Waals surface area (Å²) < 4.78 is 5.15. The lowest BCUT2D eigenvalue weighted by atomic mass is 9.99. The van der Waals surface area contributed by atoms with Crippen molar-refractivity contribution >= 4 is 18.5 Å². The fraction of sp³-hybridized carbons (Fsp3) is 0.769. The molecule has 0 aliphatic carbocycles. The molecule has 1 fully saturated rings. The monoisotopic (exact) mass is 288 g/mol. The van der Waals surface area contributed by atoms with Crippen molar-refractivity contribution in [1.29, 1.82) is 0 Å². The fourth-order valence-electron chi connectivity index (χ4n) is 1.86. The van der Waals surface area contributed by atoms with Gasteiger partial charge in [0.1, 0.15) is 5.60 Å². The Labute approximate surface area is 119 Å². The number of hydrogen-bond acceptors (Lipinski definition) is 4. The van der Waals surface area contributed by atoms with E-state index in [0.717, 1.165) is 13.0 Å². The molecular weight excluding hydrogens is 264 g/mol. The molecule has 20 heavy (non-hydrogen) atoms. The molecular formula is C13H24N2O5. The van der Waals surface area contributed by atoms with Crippen LogP contribution in [0.15, 0.2) is 0 Å². The van der Waals surface area contributed by atoms with Crippen molar-refractivity contribution < 1.29 is 24.2 Å². The van der Waals surface area contributed by atoms with Gasteiger partial charge in [-0.2, -0.15) is 0 Å². The average Bonchev–Trinajstić information content (AvgIpc) is 2.62. The van der Waals surface area contributed by atoms with Crippen LogP contribution in [0.1, 0.15) is 40.5 Å². The Hall–Kier alpha value is -1.79. The van der Waals surface area contributed by atoms with Crippen molar-refractivity contribution in [3.8, 4) is 0 Å². The molecule has 0 aromatic rings. The van der Waals surface area contributed by atoms with Gasteiger partial charge in [-0.3, -0.25) is 9.59 Å². The third kappa shape index (κ3) is 8.34. The topological polar surface area (TPSA) is 105 Å². The number of carboxylic acid groups (broad SMARTS) is 1. The normalized spacial score (nSPS) is 19.2. The van der Waals surface area contributed by atoms with Gasteiger partial charge in [-0.15, -0.1) is 0 Å². The van der Waals surface area contributed by atoms with Crippen molar-refractivity contribution in [2.45, 2.75) is 52.2 Å². The smallest absolute Gasteiger partial charge is 0.407 e. The number of carbonyl (C=O) groups is 3. The van der Waals surface area contributed by atoms with Crippen LogP contribution in [0.4, 0.5) is 4.79 Å². The molecule has 0 radical (unpaired) electrons. The Bertz CT molecular complexity index is 338. The maximum atomic E-state index is 11.5. The van der Waals surface area contributed by atoms with Crippen LogP contribution >= 0.6 is 0 Å². The standard InChI is InChI=1S/C12H22N2O3.CH2O2/c1-8(7-9-5-6-13-10(9)15)14-11(16)17-12(2,3)4;2-1-3/h8-9H,5-7H2,1-4H3,(H,13,15)(H,14,16);1H,(H,2,3). The van der Waals surface area contributed by atoms with Gasteiger partial charge in [0, 0.05) is 18.5 Å². The van der Waals surface area contributed by atoms with Crippen LogP contribution in [0.5, 0.6) is 0 Å². The van der Waals surface area contributed by atoms with E-state index in [0.29, 0.717) is 6.42 Å². The number of amides is 2. The van der Waals surface area contributed by atoms with Crippen LogP contribution in [0, 0.1) is 5.92 Å². The van der Waals surface area contributed by atoms with Crippen LogP contribution in [0.3, 0.4) is 0 Å². The zero-order valence-electron chi connectivity index (χ0n) is 12.4. The Morgan fingerprint density at radius 2 is 2.15 bits per heavy atom. The van der Waals surface area contributed by atoms with Gasteiger partial charge >= 0.3 is 6.09 Å². The van der Waals surface area contributed by atoms with Crippen LogP contribution in [0.2, 0.25) is 0 Å². The summed E-state index contributed by atoms with van der Waals surface area (Å²) in [7, 11) is 0. The van der Waals surface area contributed by atoms with Gasteiger partial charge in [-0.1, -0.05) is 0 Å². The lowest BCUT2D eigenvalue weighted by Crippen LogP contribution is -2.39. The Morgan fingerprint density at radius 3 is 2.55 bits per heavy atom. The van der Waals surface area contributed by atoms with Crippen molar-refractivity contribution in [3.05, 3.63) is 0 Å². The van der Waals surface area contributed by atoms with E-state index < -0.39 is 11.7 Å². The second-order valence-corrected chi connectivity index (χ2v) is 5.67. The Balaban J connectivity index is 0.00000110. The van der Waals surface area contributed by atoms with E-state index in [9.17, 15) is 9.59 Å². The van der Waals surface area contributed by atoms with E-state index in [1.165, 1.54) is 0 Å². The van der Waals surface area contributed by atoms with Gasteiger partial charge in [0.15, 0.2) is 0 Å². The third-order valence-corrected chi connectivity index (χ3v) is 2.56. The van der Waals surface area contributed by atoms with Gasteiger partial charge in [-0.05, 0) is 40.5 Å². The molecule has 2 atom stereocenters. The summed E-state index contributed by atoms with van der Waals surface area (Å²) in [5.74, 6) is 0.0998. The maximum absolute atomic E-state index is 11.5. The van der Waals surface area contributed by atoms with Gasteiger partial charge < -0.3 is 20.5 Å². The lowest BCUT2D eigenvalue weighted by molar-refractivity contribution is -0.123. The molecule has 7 nitrogen and oxygen atoms in total. The van der Waals surface area contributed by atoms with Gasteiger partial charge in [0.05, 0.1) is 0 Å². The largest absolute Gasteiger partial charge is 0.483 e. The third-order valence-electron chi connectivity index (χ3n) is 2.56. The summed E-state index contributed by atoms with van der Waals surface area (Å²) in [4.78, 5) is 31.2. The number of ether oxygens (including phenoxy) is 1. The molecule has 0 aromatic heterocycles. The summed E-state index contributed by atoms with van der Waals surface area (Å²) in [5.41, 5.74) is -0.492. The molecule has 1 rings (SSSR count). The first kappa shape index (κ1) is 18.2. The molecule has 7 heteroatoms. The SMILES string of the molecule is CC(CC1CCNC1=O)NC(=O)OC(C)(C)C.O=CO. The fourth-order valence-corrected chi connectivity index (χ4v) is 1.86. The Morgan fingerprint density at radius 1 is 1.60 bits per heavy atom. The summed E-state index contributed by atoms with van der Waals surface area (Å²) >= 11 is 0. The number of alkyl carbamates (subject to hydrolysis) is 1. The molecule has 1 saturated heterocycles. The maximum Gasteiger partial charge on any atom is 0.407 e. The van der Waals surface area contributed by atoms with Crippen molar-refractivity contribution in [2.75, 3.05) is 6.54 Å². The highest BCUT2D eigenvalue weighted by Crippen LogP contribution is 2.16. The highest BCUT2D eigenvalue weighted by molar-refractivity contribution is 5.80. The predicted octanol–water partition coefficient (Wildman–Crippen LogP) is 1.13. The minimum absolute atomic E-state index is 0.0138. The van der Waals surface area contributed by atoms with Gasteiger partial charge in [0.2, 0.25) is 5.91 Å². The first-order chi connectivity index (χ1) is 9.19. The zero-order valence-corrected chi connectivity index (χ0v) is 12.4. The van der Waals surface area contributed by atoms with Crippen molar-refractivity contribution in [3.63, 3.8) is 0 Å². The number of carbonyl (C=O) groups excluding carboxylic acids is 2. The van der Waals surface area contributed by atoms with Crippen molar-refractivity contribution in [2.24, 2.45) is 5.92 Å². The average molecular weight is 288 g/mol. The molecule has 1 aliphatic heterocycles. The molecule has 2 unspecified atom stereocenters. The number of rotatable bonds is 3. The van der Waals surface area contributed by atoms with Crippen LogP contribution in [-0.4, -0.2) is 41.8 Å². The van der Waals surface area contributed by atoms with E-state index in [1.54, 1.807) is 0 Å². The molecule has 0 spiro atoms. The highest BCUT2D eigenvalue weighted by atomic mass is 16.6. The number of hydrogen-bond donors (Lipinski definition) is 3. The summed E-state index contributed by atoms with van der Waals surface area (Å²) in [5, 5.41) is 12.4. The van der Waals surface area contributed by atoms with Crippen LogP contribution in [0.25, 0.3) is 0 Å². The van der Waals surface area contributed by atoms with Gasteiger partial charge in [0.25, 0.3) is 6.47 Å². The lowest BCUT2D eigenvalue weighted by Gasteiger charge is -2.22.